The molecule has 4 heterocycles. The molecule has 8 heteroatoms. The van der Waals surface area contributed by atoms with Gasteiger partial charge < -0.3 is 9.64 Å². The van der Waals surface area contributed by atoms with Gasteiger partial charge in [0.2, 0.25) is 5.91 Å². The number of carbonyl (C=O) groups excluding carboxylic acids is 1. The van der Waals surface area contributed by atoms with Gasteiger partial charge in [0.1, 0.15) is 0 Å². The van der Waals surface area contributed by atoms with E-state index in [0.29, 0.717) is 37.6 Å². The molecule has 4 rings (SSSR count). The maximum Gasteiger partial charge on any atom is 0.330 e. The number of likely N-dealkylation sites (tertiary alicyclic amines) is 2. The zero-order chi connectivity index (χ0) is 22.7. The van der Waals surface area contributed by atoms with Crippen LogP contribution in [0.1, 0.15) is 57.1 Å². The number of nitrogens with zero attached hydrogens (tertiary/aromatic N) is 4. The van der Waals surface area contributed by atoms with Gasteiger partial charge in [-0.2, -0.15) is 0 Å². The Kier molecular flexibility index (Phi) is 7.51. The first-order valence-corrected chi connectivity index (χ1v) is 12.3. The maximum atomic E-state index is 13.4. The lowest BCUT2D eigenvalue weighted by Gasteiger charge is -2.42. The van der Waals surface area contributed by atoms with Gasteiger partial charge in [0.05, 0.1) is 0 Å². The molecule has 8 nitrogen and oxygen atoms in total. The Morgan fingerprint density at radius 3 is 2.38 bits per heavy atom. The summed E-state index contributed by atoms with van der Waals surface area (Å²) in [5, 5.41) is 0. The Bertz CT molecular complexity index is 910. The van der Waals surface area contributed by atoms with Gasteiger partial charge in [0, 0.05) is 64.1 Å². The second kappa shape index (κ2) is 10.3. The van der Waals surface area contributed by atoms with Crippen LogP contribution >= 0.6 is 0 Å². The smallest absolute Gasteiger partial charge is 0.330 e. The molecule has 3 saturated heterocycles. The standard InChI is InChI=1S/C24H38N4O4/c1-25-20(16-22(29)26(2)24(25)31)17-27-12-7-18(8-13-27)21-6-4-3-5-11-28(21)23(30)19-9-14-32-15-10-19/h16,18-19,21H,3-15,17H2,1-2H3/t21-/m0/s1. The number of amides is 1. The van der Waals surface area contributed by atoms with Crippen molar-refractivity contribution in [3.8, 4) is 0 Å². The molecule has 3 aliphatic rings. The fraction of sp³-hybridized carbons (Fsp3) is 0.792. The molecule has 3 fully saturated rings. The van der Waals surface area contributed by atoms with Gasteiger partial charge in [-0.05, 0) is 57.5 Å². The minimum atomic E-state index is -0.275. The van der Waals surface area contributed by atoms with Crippen LogP contribution in [0.3, 0.4) is 0 Å². The lowest BCUT2D eigenvalue weighted by atomic mass is 9.85. The molecule has 3 aliphatic heterocycles. The van der Waals surface area contributed by atoms with Crippen molar-refractivity contribution in [2.45, 2.75) is 64.0 Å². The van der Waals surface area contributed by atoms with Crippen molar-refractivity contribution in [3.63, 3.8) is 0 Å². The second-order valence-electron chi connectivity index (χ2n) is 9.82. The van der Waals surface area contributed by atoms with Gasteiger partial charge in [-0.25, -0.2) is 4.79 Å². The van der Waals surface area contributed by atoms with E-state index in [1.54, 1.807) is 17.7 Å². The average Bonchev–Trinajstić information content (AvgIpc) is 3.08. The molecule has 0 aromatic carbocycles. The van der Waals surface area contributed by atoms with E-state index in [-0.39, 0.29) is 17.2 Å². The van der Waals surface area contributed by atoms with Crippen LogP contribution in [0.25, 0.3) is 0 Å². The molecule has 1 aromatic heterocycles. The molecule has 178 valence electrons. The third kappa shape index (κ3) is 5.01. The van der Waals surface area contributed by atoms with Crippen molar-refractivity contribution in [1.29, 1.82) is 0 Å². The van der Waals surface area contributed by atoms with Crippen LogP contribution in [0.4, 0.5) is 0 Å². The van der Waals surface area contributed by atoms with Gasteiger partial charge in [0.25, 0.3) is 5.56 Å². The summed E-state index contributed by atoms with van der Waals surface area (Å²) >= 11 is 0. The first-order valence-electron chi connectivity index (χ1n) is 12.3. The van der Waals surface area contributed by atoms with Crippen LogP contribution in [0.15, 0.2) is 15.7 Å². The summed E-state index contributed by atoms with van der Waals surface area (Å²) in [6, 6.07) is 1.93. The number of hydrogen-bond acceptors (Lipinski definition) is 5. The monoisotopic (exact) mass is 446 g/mol. The van der Waals surface area contributed by atoms with Gasteiger partial charge in [0.15, 0.2) is 0 Å². The van der Waals surface area contributed by atoms with Gasteiger partial charge in [-0.15, -0.1) is 0 Å². The van der Waals surface area contributed by atoms with Crippen molar-refractivity contribution in [3.05, 3.63) is 32.6 Å². The van der Waals surface area contributed by atoms with Crippen LogP contribution in [0.2, 0.25) is 0 Å². The SMILES string of the molecule is Cn1c(CN2CCC([C@@H]3CCCCCN3C(=O)C3CCOCC3)CC2)cc(=O)n(C)c1=O. The fourth-order valence-electron chi connectivity index (χ4n) is 5.73. The summed E-state index contributed by atoms with van der Waals surface area (Å²) in [5.74, 6) is 1.02. The third-order valence-corrected chi connectivity index (χ3v) is 7.84. The molecular formula is C24H38N4O4. The lowest BCUT2D eigenvalue weighted by Crippen LogP contribution is -2.50. The molecule has 0 aliphatic carbocycles. The molecule has 0 unspecified atom stereocenters. The van der Waals surface area contributed by atoms with Gasteiger partial charge in [-0.1, -0.05) is 12.8 Å². The van der Waals surface area contributed by atoms with Crippen molar-refractivity contribution in [2.75, 3.05) is 32.8 Å². The molecular weight excluding hydrogens is 408 g/mol. The van der Waals surface area contributed by atoms with Crippen LogP contribution < -0.4 is 11.2 Å². The van der Waals surface area contributed by atoms with Crippen molar-refractivity contribution in [1.82, 2.24) is 18.9 Å². The highest BCUT2D eigenvalue weighted by Crippen LogP contribution is 2.32. The highest BCUT2D eigenvalue weighted by atomic mass is 16.5. The molecule has 0 N–H and O–H groups in total. The number of piperidine rings is 1. The summed E-state index contributed by atoms with van der Waals surface area (Å²) < 4.78 is 8.20. The molecule has 1 amide bonds. The minimum absolute atomic E-state index is 0.131. The molecule has 1 atom stereocenters. The molecule has 1 aromatic rings. The van der Waals surface area contributed by atoms with E-state index >= 15 is 0 Å². The van der Waals surface area contributed by atoms with E-state index in [2.05, 4.69) is 9.80 Å². The van der Waals surface area contributed by atoms with Crippen molar-refractivity contribution in [2.24, 2.45) is 25.9 Å². The fourth-order valence-corrected chi connectivity index (χ4v) is 5.73. The summed E-state index contributed by atoms with van der Waals surface area (Å²) in [4.78, 5) is 42.3. The summed E-state index contributed by atoms with van der Waals surface area (Å²) in [7, 11) is 3.25. The quantitative estimate of drug-likeness (QED) is 0.701. The zero-order valence-electron chi connectivity index (χ0n) is 19.6. The molecule has 0 bridgehead atoms. The first-order chi connectivity index (χ1) is 15.5. The van der Waals surface area contributed by atoms with E-state index in [1.165, 1.54) is 19.9 Å². The zero-order valence-corrected chi connectivity index (χ0v) is 19.6. The molecule has 0 saturated carbocycles. The number of ether oxygens (including phenoxy) is 1. The van der Waals surface area contributed by atoms with Crippen LogP contribution in [-0.4, -0.2) is 63.7 Å². The lowest BCUT2D eigenvalue weighted by molar-refractivity contribution is -0.142. The van der Waals surface area contributed by atoms with Crippen molar-refractivity contribution < 1.29 is 9.53 Å². The second-order valence-corrected chi connectivity index (χ2v) is 9.82. The van der Waals surface area contributed by atoms with E-state index in [4.69, 9.17) is 4.74 Å². The minimum Gasteiger partial charge on any atom is -0.381 e. The number of rotatable bonds is 4. The largest absolute Gasteiger partial charge is 0.381 e. The Hall–Kier alpha value is -1.93. The topological polar surface area (TPSA) is 76.8 Å². The van der Waals surface area contributed by atoms with E-state index in [9.17, 15) is 14.4 Å². The number of aromatic nitrogens is 2. The summed E-state index contributed by atoms with van der Waals surface area (Å²) in [6.07, 6.45) is 8.47. The first kappa shape index (κ1) is 23.2. The van der Waals surface area contributed by atoms with E-state index < -0.39 is 0 Å². The number of carbonyl (C=O) groups is 1. The Balaban J connectivity index is 1.40. The molecule has 32 heavy (non-hydrogen) atoms. The molecule has 0 spiro atoms. The van der Waals surface area contributed by atoms with Gasteiger partial charge in [-0.3, -0.25) is 23.6 Å². The summed E-state index contributed by atoms with van der Waals surface area (Å²) in [5.41, 5.74) is 0.240. The van der Waals surface area contributed by atoms with Crippen molar-refractivity contribution >= 4 is 5.91 Å². The van der Waals surface area contributed by atoms with E-state index in [0.717, 1.165) is 68.4 Å². The normalized spacial score (nSPS) is 24.4. The number of hydrogen-bond donors (Lipinski definition) is 0. The predicted octanol–water partition coefficient (Wildman–Crippen LogP) is 1.49. The third-order valence-electron chi connectivity index (χ3n) is 7.84. The van der Waals surface area contributed by atoms with Gasteiger partial charge >= 0.3 is 5.69 Å². The Labute approximate surface area is 190 Å². The molecule has 0 radical (unpaired) electrons. The highest BCUT2D eigenvalue weighted by molar-refractivity contribution is 5.79. The Morgan fingerprint density at radius 1 is 0.938 bits per heavy atom. The average molecular weight is 447 g/mol. The summed E-state index contributed by atoms with van der Waals surface area (Å²) in [6.45, 7) is 4.80. The predicted molar refractivity (Wildman–Crippen MR) is 122 cm³/mol. The van der Waals surface area contributed by atoms with E-state index in [1.807, 2.05) is 0 Å². The maximum absolute atomic E-state index is 13.4. The Morgan fingerprint density at radius 2 is 1.66 bits per heavy atom. The van der Waals surface area contributed by atoms with Crippen LogP contribution in [0, 0.1) is 11.8 Å². The van der Waals surface area contributed by atoms with Crippen LogP contribution in [0.5, 0.6) is 0 Å². The van der Waals surface area contributed by atoms with Crippen LogP contribution in [-0.2, 0) is 30.2 Å². The highest BCUT2D eigenvalue weighted by Gasteiger charge is 2.36.